The molecule has 0 atom stereocenters. The molecule has 1 fully saturated rings. The van der Waals surface area contributed by atoms with Crippen molar-refractivity contribution in [3.8, 4) is 5.75 Å². The number of hydrogen-bond acceptors (Lipinski definition) is 3. The molecule has 0 saturated carbocycles. The predicted molar refractivity (Wildman–Crippen MR) is 131 cm³/mol. The number of aryl methyl sites for hydroxylation is 2. The number of ether oxygens (including phenoxy) is 1. The quantitative estimate of drug-likeness (QED) is 0.382. The fraction of sp³-hybridized carbons (Fsp3) is 0.345. The van der Waals surface area contributed by atoms with Crippen molar-refractivity contribution in [2.75, 3.05) is 26.2 Å². The summed E-state index contributed by atoms with van der Waals surface area (Å²) in [5.74, 6) is 1.13. The largest absolute Gasteiger partial charge is 0.492 e. The van der Waals surface area contributed by atoms with Crippen LogP contribution in [0.25, 0.3) is 0 Å². The third-order valence-electron chi connectivity index (χ3n) is 6.43. The van der Waals surface area contributed by atoms with E-state index in [1.807, 2.05) is 62.4 Å². The Morgan fingerprint density at radius 1 is 0.875 bits per heavy atom. The molecule has 1 heterocycles. The molecule has 0 aliphatic carbocycles. The third-order valence-corrected chi connectivity index (χ3v) is 6.43. The van der Waals surface area contributed by atoms with Crippen LogP contribution in [0.5, 0.6) is 5.75 Å². The molecule has 0 spiro atoms. The SMILES string of the molecule is Cc1cc(C(=O)CC(c2ccccc2)c2ccccc2)cc(C)c1OCCN1CCCC1. The molecule has 3 aromatic rings. The van der Waals surface area contributed by atoms with Crippen LogP contribution in [0, 0.1) is 13.8 Å². The highest BCUT2D eigenvalue weighted by Gasteiger charge is 2.20. The summed E-state index contributed by atoms with van der Waals surface area (Å²) >= 11 is 0. The minimum Gasteiger partial charge on any atom is -0.492 e. The van der Waals surface area contributed by atoms with Gasteiger partial charge in [0.05, 0.1) is 0 Å². The Kier molecular flexibility index (Phi) is 7.39. The van der Waals surface area contributed by atoms with Gasteiger partial charge >= 0.3 is 0 Å². The Bertz CT molecular complexity index is 961. The summed E-state index contributed by atoms with van der Waals surface area (Å²) in [5, 5.41) is 0. The number of likely N-dealkylation sites (tertiary alicyclic amines) is 1. The zero-order chi connectivity index (χ0) is 22.3. The Morgan fingerprint density at radius 2 is 1.41 bits per heavy atom. The molecule has 1 saturated heterocycles. The van der Waals surface area contributed by atoms with Gasteiger partial charge in [0.1, 0.15) is 12.4 Å². The first kappa shape index (κ1) is 22.3. The topological polar surface area (TPSA) is 29.5 Å². The van der Waals surface area contributed by atoms with Crippen molar-refractivity contribution in [3.63, 3.8) is 0 Å². The zero-order valence-corrected chi connectivity index (χ0v) is 19.2. The monoisotopic (exact) mass is 427 g/mol. The van der Waals surface area contributed by atoms with Crippen molar-refractivity contribution in [2.45, 2.75) is 39.0 Å². The lowest BCUT2D eigenvalue weighted by atomic mass is 9.85. The highest BCUT2D eigenvalue weighted by molar-refractivity contribution is 5.97. The van der Waals surface area contributed by atoms with Crippen LogP contribution in [0.2, 0.25) is 0 Å². The van der Waals surface area contributed by atoms with Gasteiger partial charge < -0.3 is 4.74 Å². The maximum absolute atomic E-state index is 13.4. The fourth-order valence-electron chi connectivity index (χ4n) is 4.72. The molecular formula is C29H33NO2. The summed E-state index contributed by atoms with van der Waals surface area (Å²) < 4.78 is 6.13. The molecule has 0 aromatic heterocycles. The van der Waals surface area contributed by atoms with Gasteiger partial charge in [-0.3, -0.25) is 9.69 Å². The molecule has 0 unspecified atom stereocenters. The van der Waals surface area contributed by atoms with Crippen LogP contribution in [0.1, 0.15) is 57.8 Å². The van der Waals surface area contributed by atoms with E-state index in [-0.39, 0.29) is 11.7 Å². The molecule has 0 amide bonds. The summed E-state index contributed by atoms with van der Waals surface area (Å²) in [4.78, 5) is 15.8. The lowest BCUT2D eigenvalue weighted by molar-refractivity contribution is 0.0977. The molecule has 1 aliphatic rings. The van der Waals surface area contributed by atoms with E-state index in [4.69, 9.17) is 4.74 Å². The molecule has 1 aliphatic heterocycles. The minimum atomic E-state index is 0.0434. The van der Waals surface area contributed by atoms with Crippen LogP contribution in [-0.4, -0.2) is 36.9 Å². The Balaban J connectivity index is 1.49. The van der Waals surface area contributed by atoms with Crippen LogP contribution < -0.4 is 4.74 Å². The molecule has 4 rings (SSSR count). The Labute approximate surface area is 192 Å². The summed E-state index contributed by atoms with van der Waals surface area (Å²) in [5.41, 5.74) is 5.17. The first-order valence-electron chi connectivity index (χ1n) is 11.7. The fourth-order valence-corrected chi connectivity index (χ4v) is 4.72. The summed E-state index contributed by atoms with van der Waals surface area (Å²) in [6.45, 7) is 8.10. The van der Waals surface area contributed by atoms with E-state index in [1.165, 1.54) is 37.1 Å². The van der Waals surface area contributed by atoms with E-state index >= 15 is 0 Å². The summed E-state index contributed by atoms with van der Waals surface area (Å²) in [6, 6.07) is 24.6. The average molecular weight is 428 g/mol. The number of carbonyl (C=O) groups excluding carboxylic acids is 1. The number of nitrogens with zero attached hydrogens (tertiary/aromatic N) is 1. The Hall–Kier alpha value is -2.91. The van der Waals surface area contributed by atoms with Crippen LogP contribution in [0.4, 0.5) is 0 Å². The lowest BCUT2D eigenvalue weighted by Crippen LogP contribution is -2.25. The molecule has 0 N–H and O–H groups in total. The highest BCUT2D eigenvalue weighted by atomic mass is 16.5. The molecule has 3 nitrogen and oxygen atoms in total. The van der Waals surface area contributed by atoms with Crippen molar-refractivity contribution in [1.82, 2.24) is 4.90 Å². The molecule has 0 radical (unpaired) electrons. The number of carbonyl (C=O) groups is 1. The molecule has 166 valence electrons. The number of hydrogen-bond donors (Lipinski definition) is 0. The highest BCUT2D eigenvalue weighted by Crippen LogP contribution is 2.31. The molecular weight excluding hydrogens is 394 g/mol. The molecule has 32 heavy (non-hydrogen) atoms. The van der Waals surface area contributed by atoms with Crippen LogP contribution >= 0.6 is 0 Å². The second kappa shape index (κ2) is 10.6. The molecule has 3 aromatic carbocycles. The Morgan fingerprint density at radius 3 is 1.94 bits per heavy atom. The van der Waals surface area contributed by atoms with Crippen molar-refractivity contribution in [2.24, 2.45) is 0 Å². The van der Waals surface area contributed by atoms with Crippen LogP contribution in [0.15, 0.2) is 72.8 Å². The van der Waals surface area contributed by atoms with Gasteiger partial charge in [0.2, 0.25) is 0 Å². The maximum Gasteiger partial charge on any atom is 0.163 e. The van der Waals surface area contributed by atoms with E-state index < -0.39 is 0 Å². The van der Waals surface area contributed by atoms with Crippen molar-refractivity contribution >= 4 is 5.78 Å². The van der Waals surface area contributed by atoms with Crippen LogP contribution in [-0.2, 0) is 0 Å². The zero-order valence-electron chi connectivity index (χ0n) is 19.2. The third kappa shape index (κ3) is 5.46. The number of benzene rings is 3. The van der Waals surface area contributed by atoms with Crippen molar-refractivity contribution in [3.05, 3.63) is 101 Å². The smallest absolute Gasteiger partial charge is 0.163 e. The number of ketones is 1. The predicted octanol–water partition coefficient (Wildman–Crippen LogP) is 6.18. The second-order valence-electron chi connectivity index (χ2n) is 8.84. The lowest BCUT2D eigenvalue weighted by Gasteiger charge is -2.19. The van der Waals surface area contributed by atoms with E-state index in [0.717, 1.165) is 29.0 Å². The number of Topliss-reactive ketones (excluding diaryl/α,β-unsaturated/α-hetero) is 1. The number of rotatable bonds is 9. The van der Waals surface area contributed by atoms with Crippen LogP contribution in [0.3, 0.4) is 0 Å². The van der Waals surface area contributed by atoms with E-state index in [1.54, 1.807) is 0 Å². The van der Waals surface area contributed by atoms with Crippen molar-refractivity contribution < 1.29 is 9.53 Å². The minimum absolute atomic E-state index is 0.0434. The molecule has 3 heteroatoms. The van der Waals surface area contributed by atoms with E-state index in [2.05, 4.69) is 29.2 Å². The van der Waals surface area contributed by atoms with E-state index in [9.17, 15) is 4.79 Å². The summed E-state index contributed by atoms with van der Waals surface area (Å²) in [6.07, 6.45) is 3.03. The standard InChI is InChI=1S/C29H33NO2/c1-22-19-26(20-23(2)29(22)32-18-17-30-15-9-10-16-30)28(31)21-27(24-11-5-3-6-12-24)25-13-7-4-8-14-25/h3-8,11-14,19-20,27H,9-10,15-18,21H2,1-2H3. The van der Waals surface area contributed by atoms with Gasteiger partial charge in [-0.05, 0) is 74.2 Å². The van der Waals surface area contributed by atoms with Gasteiger partial charge in [0.25, 0.3) is 0 Å². The van der Waals surface area contributed by atoms with Gasteiger partial charge in [-0.15, -0.1) is 0 Å². The van der Waals surface area contributed by atoms with Crippen molar-refractivity contribution in [1.29, 1.82) is 0 Å². The van der Waals surface area contributed by atoms with Gasteiger partial charge in [-0.1, -0.05) is 60.7 Å². The second-order valence-corrected chi connectivity index (χ2v) is 8.84. The van der Waals surface area contributed by atoms with Gasteiger partial charge in [-0.2, -0.15) is 0 Å². The van der Waals surface area contributed by atoms with E-state index in [0.29, 0.717) is 13.0 Å². The van der Waals surface area contributed by atoms with Gasteiger partial charge in [-0.25, -0.2) is 0 Å². The molecule has 0 bridgehead atoms. The maximum atomic E-state index is 13.4. The summed E-state index contributed by atoms with van der Waals surface area (Å²) in [7, 11) is 0. The van der Waals surface area contributed by atoms with Gasteiger partial charge in [0.15, 0.2) is 5.78 Å². The normalized spacial score (nSPS) is 14.1. The average Bonchev–Trinajstić information content (AvgIpc) is 3.33. The first-order chi connectivity index (χ1) is 15.6. The first-order valence-corrected chi connectivity index (χ1v) is 11.7. The van der Waals surface area contributed by atoms with Gasteiger partial charge in [0, 0.05) is 24.4 Å².